The number of hydrogen-bond acceptors (Lipinski definition) is 9. The highest BCUT2D eigenvalue weighted by Gasteiger charge is 2.27. The normalized spacial score (nSPS) is 15.8. The first-order valence-electron chi connectivity index (χ1n) is 17.4. The number of piperazine rings is 2. The first-order valence-corrected chi connectivity index (χ1v) is 21.9. The number of ether oxygens (including phenoxy) is 1. The maximum Gasteiger partial charge on any atom is 0.268 e. The van der Waals surface area contributed by atoms with Gasteiger partial charge in [-0.25, -0.2) is 24.8 Å². The minimum atomic E-state index is -4.05. The average Bonchev–Trinajstić information content (AvgIpc) is 3.83. The van der Waals surface area contributed by atoms with Crippen molar-refractivity contribution < 1.29 is 21.6 Å². The lowest BCUT2D eigenvalue weighted by Crippen LogP contribution is -2.43. The Morgan fingerprint density at radius 2 is 0.981 bits per heavy atom. The molecule has 8 rings (SSSR count). The van der Waals surface area contributed by atoms with E-state index >= 15 is 0 Å². The molecular weight excluding hydrogens is 844 g/mol. The predicted molar refractivity (Wildman–Crippen MR) is 216 cm³/mol. The summed E-state index contributed by atoms with van der Waals surface area (Å²) in [6.45, 7) is 6.69. The van der Waals surface area contributed by atoms with Gasteiger partial charge >= 0.3 is 0 Å². The number of nitrogens with zero attached hydrogens (tertiary/aromatic N) is 4. The summed E-state index contributed by atoms with van der Waals surface area (Å²) in [7, 11) is -8.11. The molecule has 2 aliphatic heterocycles. The molecule has 0 atom stereocenters. The van der Waals surface area contributed by atoms with E-state index in [0.717, 1.165) is 74.5 Å². The number of halogens is 2. The Morgan fingerprint density at radius 1 is 0.566 bits per heavy atom. The molecule has 11 nitrogen and oxygen atoms in total. The number of aromatic nitrogens is 2. The van der Waals surface area contributed by atoms with Gasteiger partial charge in [-0.1, -0.05) is 56.1 Å². The van der Waals surface area contributed by atoms with E-state index in [0.29, 0.717) is 31.1 Å². The summed E-state index contributed by atoms with van der Waals surface area (Å²) in [6, 6.07) is 25.3. The zero-order chi connectivity index (χ0) is 36.7. The molecule has 4 heterocycles. The van der Waals surface area contributed by atoms with Crippen molar-refractivity contribution in [2.75, 3.05) is 62.2 Å². The van der Waals surface area contributed by atoms with Crippen molar-refractivity contribution in [1.82, 2.24) is 18.6 Å². The molecular formula is C38H38Br2N6O5S2. The molecule has 0 bridgehead atoms. The number of nitrogens with one attached hydrogen (secondary N) is 2. The molecule has 2 saturated heterocycles. The maximum absolute atomic E-state index is 14.4. The summed E-state index contributed by atoms with van der Waals surface area (Å²) >= 11 is 6.93. The lowest BCUT2D eigenvalue weighted by Gasteiger charge is -2.30. The van der Waals surface area contributed by atoms with Gasteiger partial charge < -0.3 is 25.2 Å². The number of rotatable bonds is 10. The number of fused-ring (bicyclic) bond motifs is 2. The zero-order valence-electron chi connectivity index (χ0n) is 28.7. The molecule has 0 radical (unpaired) electrons. The fraction of sp³-hybridized carbons (Fsp3) is 0.263. The molecule has 2 aromatic heterocycles. The smallest absolute Gasteiger partial charge is 0.268 e. The number of benzene rings is 4. The first-order chi connectivity index (χ1) is 25.6. The molecule has 2 aliphatic rings. The Morgan fingerprint density at radius 3 is 1.40 bits per heavy atom. The number of anilines is 2. The number of hydrogen-bond donors (Lipinski definition) is 2. The molecule has 0 amide bonds. The topological polar surface area (TPSA) is 118 Å². The molecule has 2 fully saturated rings. The molecule has 15 heteroatoms. The predicted octanol–water partition coefficient (Wildman–Crippen LogP) is 6.13. The van der Waals surface area contributed by atoms with E-state index < -0.39 is 20.0 Å². The van der Waals surface area contributed by atoms with Crippen molar-refractivity contribution in [2.45, 2.75) is 23.0 Å². The van der Waals surface area contributed by atoms with Crippen LogP contribution in [0.2, 0.25) is 0 Å². The van der Waals surface area contributed by atoms with Crippen LogP contribution < -0.4 is 20.4 Å². The van der Waals surface area contributed by atoms with Gasteiger partial charge in [0.05, 0.1) is 34.0 Å². The summed E-state index contributed by atoms with van der Waals surface area (Å²) in [5, 5.41) is 8.46. The fourth-order valence-electron chi connectivity index (χ4n) is 7.29. The van der Waals surface area contributed by atoms with Gasteiger partial charge in [-0.2, -0.15) is 0 Å². The van der Waals surface area contributed by atoms with Gasteiger partial charge in [0, 0.05) is 95.8 Å². The molecule has 0 spiro atoms. The van der Waals surface area contributed by atoms with E-state index in [-0.39, 0.29) is 23.0 Å². The van der Waals surface area contributed by atoms with Crippen LogP contribution in [0.25, 0.3) is 21.8 Å². The van der Waals surface area contributed by atoms with Crippen LogP contribution in [-0.4, -0.2) is 77.1 Å². The minimum absolute atomic E-state index is 0.0663. The molecule has 276 valence electrons. The zero-order valence-corrected chi connectivity index (χ0v) is 33.5. The van der Waals surface area contributed by atoms with E-state index in [9.17, 15) is 16.8 Å². The van der Waals surface area contributed by atoms with Gasteiger partial charge in [0.1, 0.15) is 0 Å². The fourth-order valence-corrected chi connectivity index (χ4v) is 11.5. The quantitative estimate of drug-likeness (QED) is 0.168. The van der Waals surface area contributed by atoms with E-state index in [1.54, 1.807) is 48.8 Å². The van der Waals surface area contributed by atoms with Gasteiger partial charge in [0.2, 0.25) is 0 Å². The van der Waals surface area contributed by atoms with Gasteiger partial charge in [0.25, 0.3) is 20.0 Å². The summed E-state index contributed by atoms with van der Waals surface area (Å²) in [6.07, 6.45) is 3.21. The molecule has 4 aromatic carbocycles. The first kappa shape index (κ1) is 36.3. The van der Waals surface area contributed by atoms with Crippen molar-refractivity contribution in [3.63, 3.8) is 0 Å². The highest BCUT2D eigenvalue weighted by molar-refractivity contribution is 9.10. The molecule has 0 saturated carbocycles. The third-order valence-electron chi connectivity index (χ3n) is 9.91. The van der Waals surface area contributed by atoms with Gasteiger partial charge in [-0.15, -0.1) is 0 Å². The molecule has 0 aliphatic carbocycles. The Balaban J connectivity index is 1.07. The van der Waals surface area contributed by atoms with Gasteiger partial charge in [-0.3, -0.25) is 0 Å². The Hall–Kier alpha value is -3.70. The summed E-state index contributed by atoms with van der Waals surface area (Å²) < 4.78 is 67.5. The van der Waals surface area contributed by atoms with Gasteiger partial charge in [-0.05, 0) is 71.8 Å². The highest BCUT2D eigenvalue weighted by atomic mass is 79.9. The summed E-state index contributed by atoms with van der Waals surface area (Å²) in [5.41, 5.74) is 4.09. The van der Waals surface area contributed by atoms with Crippen molar-refractivity contribution >= 4 is 85.1 Å². The van der Waals surface area contributed by atoms with Gasteiger partial charge in [0.15, 0.2) is 0 Å². The van der Waals surface area contributed by atoms with Crippen molar-refractivity contribution in [1.29, 1.82) is 0 Å². The monoisotopic (exact) mass is 880 g/mol. The third-order valence-corrected chi connectivity index (χ3v) is 14.4. The summed E-state index contributed by atoms with van der Waals surface area (Å²) in [4.78, 5) is 4.74. The third kappa shape index (κ3) is 6.92. The van der Waals surface area contributed by atoms with Crippen molar-refractivity contribution in [2.24, 2.45) is 0 Å². The average molecular weight is 883 g/mol. The minimum Gasteiger partial charge on any atom is -0.372 e. The molecule has 6 aromatic rings. The standard InChI is InChI=1S/C38H38Br2N6O5S2/c39-29-9-7-27(37(23-29)52(47,48)45-17-11-31-33(3-1-5-35(31)45)43-19-13-41-14-20-43)25-51-26-28-8-10-30(40)24-38(28)53(49,50)46-18-12-32-34(4-2-6-36(32)46)44-21-15-42-16-22-44/h1-12,17-18,23-24,41-42H,13-16,19-22,25-26H2. The Labute approximate surface area is 325 Å². The van der Waals surface area contributed by atoms with Crippen LogP contribution >= 0.6 is 31.9 Å². The maximum atomic E-state index is 14.4. The summed E-state index contributed by atoms with van der Waals surface area (Å²) in [5.74, 6) is 0. The SMILES string of the molecule is O=S(=O)(c1cc(Br)ccc1COCc1ccc(Br)cc1S(=O)(=O)n1ccc2c(N3CCNCC3)cccc21)n1ccc2c(N3CCNCC3)cccc21. The Bertz CT molecular complexity index is 2370. The van der Waals surface area contributed by atoms with E-state index in [1.807, 2.05) is 48.5 Å². The van der Waals surface area contributed by atoms with E-state index in [4.69, 9.17) is 4.74 Å². The van der Waals surface area contributed by atoms with Crippen LogP contribution in [0.3, 0.4) is 0 Å². The van der Waals surface area contributed by atoms with Crippen LogP contribution in [0.15, 0.2) is 116 Å². The second-order valence-corrected chi connectivity index (χ2v) is 18.5. The molecule has 2 N–H and O–H groups in total. The molecule has 0 unspecified atom stereocenters. The lowest BCUT2D eigenvalue weighted by molar-refractivity contribution is 0.104. The van der Waals surface area contributed by atoms with Crippen LogP contribution in [-0.2, 0) is 38.0 Å². The largest absolute Gasteiger partial charge is 0.372 e. The highest BCUT2D eigenvalue weighted by Crippen LogP contribution is 2.34. The molecule has 53 heavy (non-hydrogen) atoms. The van der Waals surface area contributed by atoms with E-state index in [1.165, 1.54) is 7.94 Å². The second kappa shape index (κ2) is 14.9. The second-order valence-electron chi connectivity index (χ2n) is 13.1. The van der Waals surface area contributed by atoms with Crippen molar-refractivity contribution in [3.05, 3.63) is 117 Å². The van der Waals surface area contributed by atoms with Crippen LogP contribution in [0.1, 0.15) is 11.1 Å². The Kier molecular flexibility index (Phi) is 10.2. The van der Waals surface area contributed by atoms with Crippen LogP contribution in [0.5, 0.6) is 0 Å². The van der Waals surface area contributed by atoms with E-state index in [2.05, 4.69) is 52.3 Å². The lowest BCUT2D eigenvalue weighted by atomic mass is 10.2. The van der Waals surface area contributed by atoms with Crippen LogP contribution in [0.4, 0.5) is 11.4 Å². The van der Waals surface area contributed by atoms with Crippen LogP contribution in [0, 0.1) is 0 Å². The van der Waals surface area contributed by atoms with Crippen molar-refractivity contribution in [3.8, 4) is 0 Å².